The van der Waals surface area contributed by atoms with Crippen molar-refractivity contribution < 1.29 is 4.79 Å². The summed E-state index contributed by atoms with van der Waals surface area (Å²) >= 11 is 0. The normalized spacial score (nSPS) is 23.8. The maximum absolute atomic E-state index is 12.7. The highest BCUT2D eigenvalue weighted by atomic mass is 16.1. The standard InChI is InChI=1S/C16H17N5O/c1-9-7-12-14(13(22)8-9)15(11-5-3-4-6-17-11)21-16(19-12)18-10(2)20-21/h3-6,9,15H,7-8H2,1-2H3,(H,18,19,20)/t9-,15+/m0/s1. The highest BCUT2D eigenvalue weighted by Gasteiger charge is 2.38. The quantitative estimate of drug-likeness (QED) is 0.873. The van der Waals surface area contributed by atoms with Gasteiger partial charge in [-0.15, -0.1) is 0 Å². The molecule has 0 saturated carbocycles. The van der Waals surface area contributed by atoms with E-state index in [1.54, 1.807) is 10.9 Å². The van der Waals surface area contributed by atoms with E-state index in [0.29, 0.717) is 24.1 Å². The Morgan fingerprint density at radius 1 is 1.32 bits per heavy atom. The molecule has 0 unspecified atom stereocenters. The largest absolute Gasteiger partial charge is 0.328 e. The summed E-state index contributed by atoms with van der Waals surface area (Å²) in [5.41, 5.74) is 2.58. The topological polar surface area (TPSA) is 72.7 Å². The zero-order chi connectivity index (χ0) is 15.3. The van der Waals surface area contributed by atoms with E-state index in [1.807, 2.05) is 25.1 Å². The molecular weight excluding hydrogens is 278 g/mol. The van der Waals surface area contributed by atoms with Crippen LogP contribution in [0, 0.1) is 12.8 Å². The number of carbonyl (C=O) groups excluding carboxylic acids is 1. The van der Waals surface area contributed by atoms with Gasteiger partial charge in [0.1, 0.15) is 11.9 Å². The molecule has 2 aromatic heterocycles. The number of Topliss-reactive ketones (excluding diaryl/α,β-unsaturated/α-hetero) is 1. The first kappa shape index (κ1) is 13.2. The zero-order valence-corrected chi connectivity index (χ0v) is 12.6. The molecule has 0 aromatic carbocycles. The molecule has 0 saturated heterocycles. The van der Waals surface area contributed by atoms with Gasteiger partial charge in [-0.1, -0.05) is 13.0 Å². The van der Waals surface area contributed by atoms with Crippen LogP contribution < -0.4 is 5.32 Å². The van der Waals surface area contributed by atoms with Crippen LogP contribution in [0.1, 0.15) is 37.3 Å². The van der Waals surface area contributed by atoms with Crippen LogP contribution in [0.3, 0.4) is 0 Å². The van der Waals surface area contributed by atoms with Crippen LogP contribution >= 0.6 is 0 Å². The van der Waals surface area contributed by atoms with Crippen LogP contribution in [0.2, 0.25) is 0 Å². The lowest BCUT2D eigenvalue weighted by Crippen LogP contribution is -2.33. The third kappa shape index (κ3) is 1.94. The highest BCUT2D eigenvalue weighted by molar-refractivity contribution is 5.99. The molecule has 112 valence electrons. The van der Waals surface area contributed by atoms with E-state index in [0.717, 1.165) is 23.4 Å². The summed E-state index contributed by atoms with van der Waals surface area (Å²) in [7, 11) is 0. The summed E-state index contributed by atoms with van der Waals surface area (Å²) in [6.07, 6.45) is 3.18. The van der Waals surface area contributed by atoms with Crippen molar-refractivity contribution in [1.29, 1.82) is 0 Å². The Labute approximate surface area is 128 Å². The fraction of sp³-hybridized carbons (Fsp3) is 0.375. The van der Waals surface area contributed by atoms with Gasteiger partial charge in [-0.05, 0) is 31.4 Å². The second kappa shape index (κ2) is 4.76. The lowest BCUT2D eigenvalue weighted by atomic mass is 9.82. The minimum absolute atomic E-state index is 0.177. The van der Waals surface area contributed by atoms with Gasteiger partial charge in [-0.25, -0.2) is 4.68 Å². The number of anilines is 1. The molecule has 2 aliphatic rings. The SMILES string of the molecule is Cc1nc2n(n1)[C@H](c1ccccn1)C1=C(C[C@H](C)CC1=O)N2. The third-order valence-corrected chi connectivity index (χ3v) is 4.20. The summed E-state index contributed by atoms with van der Waals surface area (Å²) in [5.74, 6) is 1.90. The molecule has 1 aliphatic carbocycles. The molecule has 0 bridgehead atoms. The van der Waals surface area contributed by atoms with Crippen molar-refractivity contribution in [2.24, 2.45) is 5.92 Å². The molecule has 2 atom stereocenters. The Kier molecular flexibility index (Phi) is 2.85. The minimum atomic E-state index is -0.284. The van der Waals surface area contributed by atoms with Gasteiger partial charge < -0.3 is 5.32 Å². The summed E-state index contributed by atoms with van der Waals surface area (Å²) in [6.45, 7) is 3.95. The zero-order valence-electron chi connectivity index (χ0n) is 12.6. The molecule has 0 spiro atoms. The fourth-order valence-electron chi connectivity index (χ4n) is 3.32. The van der Waals surface area contributed by atoms with Gasteiger partial charge in [0.05, 0.1) is 5.69 Å². The molecular formula is C16H17N5O. The number of aryl methyl sites for hydroxylation is 1. The van der Waals surface area contributed by atoms with Crippen molar-refractivity contribution in [3.05, 3.63) is 47.2 Å². The van der Waals surface area contributed by atoms with Gasteiger partial charge in [0.2, 0.25) is 5.95 Å². The number of fused-ring (bicyclic) bond motifs is 1. The van der Waals surface area contributed by atoms with Gasteiger partial charge in [0.25, 0.3) is 0 Å². The van der Waals surface area contributed by atoms with Crippen molar-refractivity contribution in [1.82, 2.24) is 19.7 Å². The number of hydrogen-bond acceptors (Lipinski definition) is 5. The molecule has 6 nitrogen and oxygen atoms in total. The van der Waals surface area contributed by atoms with E-state index in [1.165, 1.54) is 0 Å². The predicted molar refractivity (Wildman–Crippen MR) is 81.2 cm³/mol. The number of nitrogens with zero attached hydrogens (tertiary/aromatic N) is 4. The number of hydrogen-bond donors (Lipinski definition) is 1. The first-order valence-electron chi connectivity index (χ1n) is 7.51. The Morgan fingerprint density at radius 2 is 2.18 bits per heavy atom. The van der Waals surface area contributed by atoms with Crippen molar-refractivity contribution >= 4 is 11.7 Å². The maximum Gasteiger partial charge on any atom is 0.226 e. The third-order valence-electron chi connectivity index (χ3n) is 4.20. The summed E-state index contributed by atoms with van der Waals surface area (Å²) in [4.78, 5) is 21.5. The number of pyridine rings is 1. The second-order valence-electron chi connectivity index (χ2n) is 6.04. The Balaban J connectivity index is 1.92. The smallest absolute Gasteiger partial charge is 0.226 e. The monoisotopic (exact) mass is 295 g/mol. The molecule has 2 aromatic rings. The molecule has 0 fully saturated rings. The predicted octanol–water partition coefficient (Wildman–Crippen LogP) is 2.25. The molecule has 3 heterocycles. The van der Waals surface area contributed by atoms with Gasteiger partial charge in [-0.3, -0.25) is 9.78 Å². The average Bonchev–Trinajstić information content (AvgIpc) is 2.85. The Hall–Kier alpha value is -2.50. The molecule has 1 aliphatic heterocycles. The fourth-order valence-corrected chi connectivity index (χ4v) is 3.32. The number of nitrogens with one attached hydrogen (secondary N) is 1. The van der Waals surface area contributed by atoms with Crippen LogP contribution in [0.4, 0.5) is 5.95 Å². The van der Waals surface area contributed by atoms with E-state index in [9.17, 15) is 4.79 Å². The van der Waals surface area contributed by atoms with E-state index < -0.39 is 0 Å². The maximum atomic E-state index is 12.7. The van der Waals surface area contributed by atoms with Gasteiger partial charge in [0, 0.05) is 23.9 Å². The van der Waals surface area contributed by atoms with Crippen LogP contribution in [-0.4, -0.2) is 25.5 Å². The van der Waals surface area contributed by atoms with Crippen molar-refractivity contribution in [2.45, 2.75) is 32.7 Å². The number of allylic oxidation sites excluding steroid dienone is 2. The summed E-state index contributed by atoms with van der Waals surface area (Å²) in [6, 6.07) is 5.46. The summed E-state index contributed by atoms with van der Waals surface area (Å²) in [5, 5.41) is 7.77. The van der Waals surface area contributed by atoms with Gasteiger partial charge in [0.15, 0.2) is 5.78 Å². The summed E-state index contributed by atoms with van der Waals surface area (Å²) < 4.78 is 1.78. The Bertz CT molecular complexity index is 777. The average molecular weight is 295 g/mol. The van der Waals surface area contributed by atoms with Gasteiger partial charge in [-0.2, -0.15) is 10.1 Å². The van der Waals surface area contributed by atoms with Crippen LogP contribution in [-0.2, 0) is 4.79 Å². The van der Waals surface area contributed by atoms with E-state index >= 15 is 0 Å². The van der Waals surface area contributed by atoms with Crippen molar-refractivity contribution in [2.75, 3.05) is 5.32 Å². The van der Waals surface area contributed by atoms with Gasteiger partial charge >= 0.3 is 0 Å². The highest BCUT2D eigenvalue weighted by Crippen LogP contribution is 2.40. The van der Waals surface area contributed by atoms with E-state index in [2.05, 4.69) is 27.3 Å². The molecule has 6 heteroatoms. The van der Waals surface area contributed by atoms with Crippen molar-refractivity contribution in [3.8, 4) is 0 Å². The first-order chi connectivity index (χ1) is 10.6. The first-order valence-corrected chi connectivity index (χ1v) is 7.51. The second-order valence-corrected chi connectivity index (χ2v) is 6.04. The minimum Gasteiger partial charge on any atom is -0.328 e. The number of ketones is 1. The molecule has 4 rings (SSSR count). The lowest BCUT2D eigenvalue weighted by molar-refractivity contribution is -0.117. The van der Waals surface area contributed by atoms with Crippen LogP contribution in [0.15, 0.2) is 35.7 Å². The van der Waals surface area contributed by atoms with E-state index in [4.69, 9.17) is 0 Å². The number of rotatable bonds is 1. The Morgan fingerprint density at radius 3 is 2.95 bits per heavy atom. The molecule has 1 N–H and O–H groups in total. The number of carbonyl (C=O) groups is 1. The molecule has 0 radical (unpaired) electrons. The molecule has 22 heavy (non-hydrogen) atoms. The van der Waals surface area contributed by atoms with Crippen molar-refractivity contribution in [3.63, 3.8) is 0 Å². The number of aromatic nitrogens is 4. The van der Waals surface area contributed by atoms with E-state index in [-0.39, 0.29) is 11.8 Å². The molecule has 0 amide bonds. The lowest BCUT2D eigenvalue weighted by Gasteiger charge is -2.33. The van der Waals surface area contributed by atoms with Crippen LogP contribution in [0.5, 0.6) is 0 Å². The van der Waals surface area contributed by atoms with Crippen LogP contribution in [0.25, 0.3) is 0 Å².